The number of hydrogen-bond acceptors (Lipinski definition) is 3. The van der Waals surface area contributed by atoms with Gasteiger partial charge in [0.1, 0.15) is 6.61 Å². The summed E-state index contributed by atoms with van der Waals surface area (Å²) in [5.74, 6) is -0.354. The Morgan fingerprint density at radius 2 is 1.85 bits per heavy atom. The van der Waals surface area contributed by atoms with Crippen LogP contribution >= 0.6 is 0 Å². The maximum absolute atomic E-state index is 10.5. The van der Waals surface area contributed by atoms with Gasteiger partial charge in [-0.25, -0.2) is 0 Å². The van der Waals surface area contributed by atoms with E-state index in [1.807, 2.05) is 13.8 Å². The molecule has 0 heterocycles. The van der Waals surface area contributed by atoms with Gasteiger partial charge in [-0.3, -0.25) is 9.59 Å². The second kappa shape index (κ2) is 10.9. The minimum absolute atomic E-state index is 0.113. The predicted molar refractivity (Wildman–Crippen MR) is 51.3 cm³/mol. The van der Waals surface area contributed by atoms with Gasteiger partial charge in [0.2, 0.25) is 5.91 Å². The van der Waals surface area contributed by atoms with Crippen LogP contribution in [0.2, 0.25) is 0 Å². The van der Waals surface area contributed by atoms with Gasteiger partial charge in [-0.2, -0.15) is 0 Å². The molecule has 0 radical (unpaired) electrons. The van der Waals surface area contributed by atoms with Crippen molar-refractivity contribution in [1.82, 2.24) is 5.32 Å². The standard InChI is InChI=1S/C7H13NO3.C2H6/c1-3-7(10)11-5-4-8-6(2)9;1-2/h3-5H2,1-2H3,(H,8,9);1-2H3. The highest BCUT2D eigenvalue weighted by molar-refractivity contribution is 5.72. The van der Waals surface area contributed by atoms with Crippen LogP contribution in [0, 0.1) is 0 Å². The lowest BCUT2D eigenvalue weighted by atomic mass is 10.5. The average Bonchev–Trinajstić information content (AvgIpc) is 2.15. The summed E-state index contributed by atoms with van der Waals surface area (Å²) in [4.78, 5) is 20.8. The third-order valence-electron chi connectivity index (χ3n) is 1.03. The molecule has 0 spiro atoms. The highest BCUT2D eigenvalue weighted by Crippen LogP contribution is 1.82. The summed E-state index contributed by atoms with van der Waals surface area (Å²) >= 11 is 0. The number of hydrogen-bond donors (Lipinski definition) is 1. The van der Waals surface area contributed by atoms with Crippen LogP contribution < -0.4 is 5.32 Å². The zero-order valence-electron chi connectivity index (χ0n) is 8.85. The highest BCUT2D eigenvalue weighted by atomic mass is 16.5. The molecule has 0 aliphatic carbocycles. The molecule has 0 saturated carbocycles. The molecule has 0 aliphatic rings. The Hall–Kier alpha value is -1.06. The second-order valence-electron chi connectivity index (χ2n) is 2.06. The predicted octanol–water partition coefficient (Wildman–Crippen LogP) is 1.10. The van der Waals surface area contributed by atoms with Crippen molar-refractivity contribution in [2.24, 2.45) is 0 Å². The molecule has 0 unspecified atom stereocenters. The minimum Gasteiger partial charge on any atom is -0.464 e. The monoisotopic (exact) mass is 189 g/mol. The molecule has 0 aromatic carbocycles. The summed E-state index contributed by atoms with van der Waals surface area (Å²) in [6.07, 6.45) is 0.375. The van der Waals surface area contributed by atoms with Crippen LogP contribution in [0.5, 0.6) is 0 Å². The van der Waals surface area contributed by atoms with Crippen LogP contribution in [-0.2, 0) is 14.3 Å². The molecule has 0 aromatic rings. The van der Waals surface area contributed by atoms with E-state index in [1.54, 1.807) is 6.92 Å². The summed E-state index contributed by atoms with van der Waals surface area (Å²) in [5, 5.41) is 2.51. The van der Waals surface area contributed by atoms with Crippen molar-refractivity contribution >= 4 is 11.9 Å². The number of amides is 1. The van der Waals surface area contributed by atoms with Crippen LogP contribution in [0.4, 0.5) is 0 Å². The van der Waals surface area contributed by atoms with Gasteiger partial charge in [0.15, 0.2) is 0 Å². The Morgan fingerprint density at radius 3 is 2.23 bits per heavy atom. The quantitative estimate of drug-likeness (QED) is 0.532. The molecule has 13 heavy (non-hydrogen) atoms. The lowest BCUT2D eigenvalue weighted by molar-refractivity contribution is -0.143. The van der Waals surface area contributed by atoms with E-state index in [2.05, 4.69) is 10.1 Å². The van der Waals surface area contributed by atoms with Crippen molar-refractivity contribution in [2.45, 2.75) is 34.1 Å². The zero-order valence-corrected chi connectivity index (χ0v) is 8.85. The van der Waals surface area contributed by atoms with E-state index in [4.69, 9.17) is 0 Å². The first kappa shape index (κ1) is 14.5. The maximum Gasteiger partial charge on any atom is 0.305 e. The van der Waals surface area contributed by atoms with E-state index in [-0.39, 0.29) is 18.5 Å². The Bertz CT molecular complexity index is 146. The topological polar surface area (TPSA) is 55.4 Å². The fraction of sp³-hybridized carbons (Fsp3) is 0.778. The molecule has 4 nitrogen and oxygen atoms in total. The summed E-state index contributed by atoms with van der Waals surface area (Å²) < 4.78 is 4.69. The van der Waals surface area contributed by atoms with Gasteiger partial charge in [0.05, 0.1) is 6.54 Å². The average molecular weight is 189 g/mol. The third-order valence-corrected chi connectivity index (χ3v) is 1.03. The zero-order chi connectivity index (χ0) is 10.7. The molecule has 0 bridgehead atoms. The summed E-state index contributed by atoms with van der Waals surface area (Å²) in [6, 6.07) is 0. The van der Waals surface area contributed by atoms with E-state index >= 15 is 0 Å². The Balaban J connectivity index is 0. The van der Waals surface area contributed by atoms with Crippen molar-refractivity contribution in [3.63, 3.8) is 0 Å². The van der Waals surface area contributed by atoms with Crippen LogP contribution in [0.15, 0.2) is 0 Å². The van der Waals surface area contributed by atoms with E-state index in [9.17, 15) is 9.59 Å². The molecular weight excluding hydrogens is 170 g/mol. The van der Waals surface area contributed by atoms with Gasteiger partial charge in [0, 0.05) is 13.3 Å². The van der Waals surface area contributed by atoms with Gasteiger partial charge in [-0.15, -0.1) is 0 Å². The van der Waals surface area contributed by atoms with Crippen molar-refractivity contribution in [3.8, 4) is 0 Å². The molecule has 0 saturated heterocycles. The van der Waals surface area contributed by atoms with Crippen LogP contribution in [-0.4, -0.2) is 25.0 Å². The first-order chi connectivity index (χ1) is 6.16. The normalized spacial score (nSPS) is 8.00. The Kier molecular flexibility index (Phi) is 12.2. The molecular formula is C9H19NO3. The smallest absolute Gasteiger partial charge is 0.305 e. The van der Waals surface area contributed by atoms with Crippen molar-refractivity contribution < 1.29 is 14.3 Å². The molecule has 0 atom stereocenters. The molecule has 78 valence electrons. The minimum atomic E-state index is -0.240. The van der Waals surface area contributed by atoms with Gasteiger partial charge < -0.3 is 10.1 Å². The summed E-state index contributed by atoms with van der Waals surface area (Å²) in [7, 11) is 0. The molecule has 0 aliphatic heterocycles. The fourth-order valence-electron chi connectivity index (χ4n) is 0.494. The molecule has 0 aromatic heterocycles. The van der Waals surface area contributed by atoms with E-state index in [0.29, 0.717) is 13.0 Å². The largest absolute Gasteiger partial charge is 0.464 e. The Morgan fingerprint density at radius 1 is 1.31 bits per heavy atom. The number of rotatable bonds is 4. The summed E-state index contributed by atoms with van der Waals surface area (Å²) in [6.45, 7) is 7.79. The number of carbonyl (C=O) groups is 2. The number of carbonyl (C=O) groups excluding carboxylic acids is 2. The summed E-state index contributed by atoms with van der Waals surface area (Å²) in [5.41, 5.74) is 0. The molecule has 4 heteroatoms. The molecule has 0 fully saturated rings. The van der Waals surface area contributed by atoms with Gasteiger partial charge in [0.25, 0.3) is 0 Å². The highest BCUT2D eigenvalue weighted by Gasteiger charge is 1.96. The fourth-order valence-corrected chi connectivity index (χ4v) is 0.494. The van der Waals surface area contributed by atoms with E-state index < -0.39 is 0 Å². The second-order valence-corrected chi connectivity index (χ2v) is 2.06. The van der Waals surface area contributed by atoms with E-state index in [0.717, 1.165) is 0 Å². The third kappa shape index (κ3) is 13.9. The van der Waals surface area contributed by atoms with Gasteiger partial charge in [-0.05, 0) is 0 Å². The Labute approximate surface area is 79.7 Å². The maximum atomic E-state index is 10.5. The SMILES string of the molecule is CC.CCC(=O)OCCNC(C)=O. The number of esters is 1. The van der Waals surface area contributed by atoms with Crippen molar-refractivity contribution in [1.29, 1.82) is 0 Å². The van der Waals surface area contributed by atoms with Crippen molar-refractivity contribution in [2.75, 3.05) is 13.2 Å². The van der Waals surface area contributed by atoms with Crippen LogP contribution in [0.25, 0.3) is 0 Å². The lowest BCUT2D eigenvalue weighted by Crippen LogP contribution is -2.25. The first-order valence-corrected chi connectivity index (χ1v) is 4.57. The molecule has 0 rings (SSSR count). The first-order valence-electron chi connectivity index (χ1n) is 4.57. The number of nitrogens with one attached hydrogen (secondary N) is 1. The van der Waals surface area contributed by atoms with Crippen LogP contribution in [0.3, 0.4) is 0 Å². The van der Waals surface area contributed by atoms with Gasteiger partial charge >= 0.3 is 5.97 Å². The van der Waals surface area contributed by atoms with Crippen LogP contribution in [0.1, 0.15) is 34.1 Å². The number of ether oxygens (including phenoxy) is 1. The van der Waals surface area contributed by atoms with Crippen molar-refractivity contribution in [3.05, 3.63) is 0 Å². The van der Waals surface area contributed by atoms with E-state index in [1.165, 1.54) is 6.92 Å². The van der Waals surface area contributed by atoms with Gasteiger partial charge in [-0.1, -0.05) is 20.8 Å². The molecule has 1 amide bonds. The lowest BCUT2D eigenvalue weighted by Gasteiger charge is -2.02. The molecule has 1 N–H and O–H groups in total.